The Kier molecular flexibility index (Phi) is 9.05. The molecule has 10 heteroatoms. The first-order chi connectivity index (χ1) is 17.9. The van der Waals surface area contributed by atoms with Crippen molar-refractivity contribution in [2.24, 2.45) is 0 Å². The Hall–Kier alpha value is -3.53. The number of hydrogen-bond donors (Lipinski definition) is 2. The summed E-state index contributed by atoms with van der Waals surface area (Å²) in [6.45, 7) is 5.26. The molecule has 0 radical (unpaired) electrons. The van der Waals surface area contributed by atoms with Crippen LogP contribution in [0, 0.1) is 0 Å². The topological polar surface area (TPSA) is 102 Å². The molecule has 2 aromatic heterocycles. The molecule has 192 valence electrons. The summed E-state index contributed by atoms with van der Waals surface area (Å²) in [6, 6.07) is 14.9. The van der Waals surface area contributed by atoms with Gasteiger partial charge < -0.3 is 20.1 Å². The van der Waals surface area contributed by atoms with Crippen LogP contribution in [-0.2, 0) is 20.7 Å². The number of amides is 2. The molecule has 0 aliphatic carbocycles. The van der Waals surface area contributed by atoms with E-state index in [0.29, 0.717) is 24.0 Å². The van der Waals surface area contributed by atoms with Gasteiger partial charge in [0.1, 0.15) is 12.4 Å². The van der Waals surface area contributed by atoms with Crippen molar-refractivity contribution in [1.29, 1.82) is 0 Å². The molecular weight excluding hydrogens is 512 g/mol. The molecule has 0 aliphatic rings. The third-order valence-corrected chi connectivity index (χ3v) is 6.49. The maximum Gasteiger partial charge on any atom is 0.228 e. The highest BCUT2D eigenvalue weighted by molar-refractivity contribution is 7.22. The normalized spacial score (nSPS) is 10.9. The van der Waals surface area contributed by atoms with Gasteiger partial charge in [0, 0.05) is 25.3 Å². The molecular formula is C27H27ClN4O4S. The van der Waals surface area contributed by atoms with Gasteiger partial charge in [-0.1, -0.05) is 48.1 Å². The van der Waals surface area contributed by atoms with Crippen LogP contribution in [0.2, 0.25) is 5.15 Å². The number of halogens is 1. The second-order valence-electron chi connectivity index (χ2n) is 8.27. The zero-order valence-corrected chi connectivity index (χ0v) is 22.1. The number of ether oxygens (including phenoxy) is 2. The minimum Gasteiger partial charge on any atom is -0.491 e. The number of anilines is 2. The van der Waals surface area contributed by atoms with E-state index in [4.69, 9.17) is 21.1 Å². The summed E-state index contributed by atoms with van der Waals surface area (Å²) in [4.78, 5) is 32.7. The fourth-order valence-corrected chi connectivity index (χ4v) is 4.65. The number of aromatic nitrogens is 2. The van der Waals surface area contributed by atoms with Crippen molar-refractivity contribution in [1.82, 2.24) is 9.97 Å². The minimum atomic E-state index is -0.208. The Labute approximate surface area is 224 Å². The first kappa shape index (κ1) is 26.5. The van der Waals surface area contributed by atoms with Gasteiger partial charge in [0.2, 0.25) is 11.8 Å². The summed E-state index contributed by atoms with van der Waals surface area (Å²) in [6.07, 6.45) is 2.81. The number of pyridine rings is 1. The Morgan fingerprint density at radius 2 is 1.81 bits per heavy atom. The maximum absolute atomic E-state index is 12.7. The lowest BCUT2D eigenvalue weighted by Gasteiger charge is -2.10. The Morgan fingerprint density at radius 3 is 2.57 bits per heavy atom. The molecule has 4 rings (SSSR count). The van der Waals surface area contributed by atoms with Crippen LogP contribution in [0.4, 0.5) is 10.8 Å². The van der Waals surface area contributed by atoms with Gasteiger partial charge >= 0.3 is 0 Å². The van der Waals surface area contributed by atoms with Crippen molar-refractivity contribution in [3.63, 3.8) is 0 Å². The van der Waals surface area contributed by atoms with Gasteiger partial charge in [-0.05, 0) is 47.9 Å². The third-order valence-electron chi connectivity index (χ3n) is 5.25. The summed E-state index contributed by atoms with van der Waals surface area (Å²) < 4.78 is 12.0. The summed E-state index contributed by atoms with van der Waals surface area (Å²) in [5.74, 6) is 0.352. The van der Waals surface area contributed by atoms with E-state index in [1.165, 1.54) is 18.3 Å². The maximum atomic E-state index is 12.7. The molecule has 0 unspecified atom stereocenters. The first-order valence-corrected chi connectivity index (χ1v) is 13.0. The molecule has 0 bridgehead atoms. The van der Waals surface area contributed by atoms with E-state index in [1.807, 2.05) is 42.5 Å². The number of benzene rings is 2. The molecule has 8 nitrogen and oxygen atoms in total. The molecule has 0 saturated heterocycles. The number of fused-ring (bicyclic) bond motifs is 1. The van der Waals surface area contributed by atoms with Gasteiger partial charge in [-0.2, -0.15) is 0 Å². The fraction of sp³-hybridized carbons (Fsp3) is 0.259. The van der Waals surface area contributed by atoms with E-state index < -0.39 is 0 Å². The highest BCUT2D eigenvalue weighted by atomic mass is 35.5. The van der Waals surface area contributed by atoms with E-state index in [1.54, 1.807) is 12.3 Å². The lowest BCUT2D eigenvalue weighted by atomic mass is 10.1. The lowest BCUT2D eigenvalue weighted by molar-refractivity contribution is -0.116. The SMILES string of the molecule is CCCOCCOc1ccc(CC(=O)Nc2cc(-c3ccc4nc(NC(C)=O)sc4c3)cnc2Cl)cc1. The van der Waals surface area contributed by atoms with Crippen molar-refractivity contribution in [2.75, 3.05) is 30.5 Å². The van der Waals surface area contributed by atoms with E-state index in [-0.39, 0.29) is 23.4 Å². The van der Waals surface area contributed by atoms with Crippen molar-refractivity contribution < 1.29 is 19.1 Å². The largest absolute Gasteiger partial charge is 0.491 e. The van der Waals surface area contributed by atoms with Gasteiger partial charge in [-0.25, -0.2) is 9.97 Å². The average Bonchev–Trinajstić information content (AvgIpc) is 3.27. The quantitative estimate of drug-likeness (QED) is 0.180. The van der Waals surface area contributed by atoms with Gasteiger partial charge in [0.25, 0.3) is 0 Å². The van der Waals surface area contributed by atoms with Crippen LogP contribution >= 0.6 is 22.9 Å². The van der Waals surface area contributed by atoms with Crippen molar-refractivity contribution in [3.8, 4) is 16.9 Å². The Balaban J connectivity index is 1.39. The standard InChI is InChI=1S/C27H27ClN4O4S/c1-3-10-35-11-12-36-21-7-4-18(5-8-21)13-25(34)31-23-14-20(16-29-26(23)28)19-6-9-22-24(15-19)37-27(32-22)30-17(2)33/h4-9,14-16H,3,10-13H2,1-2H3,(H,31,34)(H,30,32,33). The van der Waals surface area contributed by atoms with Crippen LogP contribution in [0.3, 0.4) is 0 Å². The van der Waals surface area contributed by atoms with E-state index >= 15 is 0 Å². The molecule has 4 aromatic rings. The molecule has 0 fully saturated rings. The van der Waals surface area contributed by atoms with Crippen molar-refractivity contribution in [2.45, 2.75) is 26.7 Å². The fourth-order valence-electron chi connectivity index (χ4n) is 3.55. The van der Waals surface area contributed by atoms with Crippen molar-refractivity contribution >= 4 is 55.8 Å². The minimum absolute atomic E-state index is 0.168. The number of hydrogen-bond acceptors (Lipinski definition) is 7. The van der Waals surface area contributed by atoms with E-state index in [2.05, 4.69) is 27.5 Å². The van der Waals surface area contributed by atoms with E-state index in [9.17, 15) is 9.59 Å². The highest BCUT2D eigenvalue weighted by Gasteiger charge is 2.12. The van der Waals surface area contributed by atoms with Gasteiger partial charge in [-0.3, -0.25) is 9.59 Å². The number of nitrogens with one attached hydrogen (secondary N) is 2. The van der Waals surface area contributed by atoms with Crippen LogP contribution in [0.25, 0.3) is 21.3 Å². The summed E-state index contributed by atoms with van der Waals surface area (Å²) in [7, 11) is 0. The second kappa shape index (κ2) is 12.6. The predicted molar refractivity (Wildman–Crippen MR) is 148 cm³/mol. The number of nitrogens with zero attached hydrogens (tertiary/aromatic N) is 2. The molecule has 0 aliphatic heterocycles. The van der Waals surface area contributed by atoms with Gasteiger partial charge in [-0.15, -0.1) is 0 Å². The van der Waals surface area contributed by atoms with E-state index in [0.717, 1.165) is 45.7 Å². The molecule has 2 amide bonds. The summed E-state index contributed by atoms with van der Waals surface area (Å²) in [5.41, 5.74) is 3.74. The van der Waals surface area contributed by atoms with Crippen LogP contribution in [0.15, 0.2) is 54.7 Å². The average molecular weight is 539 g/mol. The highest BCUT2D eigenvalue weighted by Crippen LogP contribution is 2.32. The smallest absolute Gasteiger partial charge is 0.228 e. The Bertz CT molecular complexity index is 1390. The zero-order chi connectivity index (χ0) is 26.2. The Morgan fingerprint density at radius 1 is 1.00 bits per heavy atom. The molecule has 0 atom stereocenters. The van der Waals surface area contributed by atoms with Gasteiger partial charge in [0.05, 0.1) is 28.9 Å². The van der Waals surface area contributed by atoms with Crippen LogP contribution in [0.1, 0.15) is 25.8 Å². The van der Waals surface area contributed by atoms with Crippen LogP contribution < -0.4 is 15.4 Å². The molecule has 2 N–H and O–H groups in total. The number of carbonyl (C=O) groups is 2. The molecule has 0 spiro atoms. The number of thiazole rings is 1. The number of rotatable bonds is 11. The molecule has 37 heavy (non-hydrogen) atoms. The lowest BCUT2D eigenvalue weighted by Crippen LogP contribution is -2.15. The summed E-state index contributed by atoms with van der Waals surface area (Å²) in [5, 5.41) is 6.32. The van der Waals surface area contributed by atoms with Crippen LogP contribution in [-0.4, -0.2) is 41.6 Å². The summed E-state index contributed by atoms with van der Waals surface area (Å²) >= 11 is 7.67. The zero-order valence-electron chi connectivity index (χ0n) is 20.5. The monoisotopic (exact) mass is 538 g/mol. The first-order valence-electron chi connectivity index (χ1n) is 11.8. The van der Waals surface area contributed by atoms with Crippen molar-refractivity contribution in [3.05, 3.63) is 65.4 Å². The number of carbonyl (C=O) groups excluding carboxylic acids is 2. The third kappa shape index (κ3) is 7.48. The predicted octanol–water partition coefficient (Wildman–Crippen LogP) is 5.96. The molecule has 2 aromatic carbocycles. The van der Waals surface area contributed by atoms with Crippen LogP contribution in [0.5, 0.6) is 5.75 Å². The van der Waals surface area contributed by atoms with Gasteiger partial charge in [0.15, 0.2) is 10.3 Å². The molecule has 2 heterocycles. The molecule has 0 saturated carbocycles. The second-order valence-corrected chi connectivity index (χ2v) is 9.66.